The molecule has 0 aromatic rings. The van der Waals surface area contributed by atoms with E-state index in [-0.39, 0.29) is 0 Å². The molecule has 5 atom stereocenters. The second-order valence-electron chi connectivity index (χ2n) is 3.65. The molecule has 0 saturated carbocycles. The fraction of sp³-hybridized carbons (Fsp3) is 0.800. The molecule has 0 aliphatic carbocycles. The van der Waals surface area contributed by atoms with Crippen molar-refractivity contribution in [3.8, 4) is 0 Å². The molecule has 8 nitrogen and oxygen atoms in total. The number of carbonyl (C=O) groups is 2. The highest BCUT2D eigenvalue weighted by Gasteiger charge is 2.48. The van der Waals surface area contributed by atoms with Crippen molar-refractivity contribution in [1.29, 1.82) is 0 Å². The van der Waals surface area contributed by atoms with E-state index in [0.717, 1.165) is 0 Å². The number of hydrogen-bond donors (Lipinski definition) is 3. The summed E-state index contributed by atoms with van der Waals surface area (Å²) < 4.78 is 27.9. The number of carbonyl (C=O) groups excluding carboxylic acids is 2. The fourth-order valence-corrected chi connectivity index (χ4v) is 1.62. The van der Waals surface area contributed by atoms with Crippen LogP contribution in [0.4, 0.5) is 0 Å². The van der Waals surface area contributed by atoms with Crippen LogP contribution in [0.3, 0.4) is 0 Å². The summed E-state index contributed by atoms with van der Waals surface area (Å²) in [6, 6.07) is 0. The van der Waals surface area contributed by atoms with Gasteiger partial charge in [0.1, 0.15) is 12.2 Å². The van der Waals surface area contributed by atoms with Crippen LogP contribution >= 0.6 is 0 Å². The molecule has 0 radical (unpaired) electrons. The predicted octanol–water partition coefficient (Wildman–Crippen LogP) is -2.08. The Morgan fingerprint density at radius 1 is 1.22 bits per heavy atom. The first-order valence-electron chi connectivity index (χ1n) is 6.45. The van der Waals surface area contributed by atoms with Gasteiger partial charge in [-0.1, -0.05) is 0 Å². The molecular formula is C10H16O8. The average molecular weight is 266 g/mol. The van der Waals surface area contributed by atoms with Gasteiger partial charge in [0.15, 0.2) is 18.5 Å². The van der Waals surface area contributed by atoms with Gasteiger partial charge in [-0.2, -0.15) is 0 Å². The summed E-state index contributed by atoms with van der Waals surface area (Å²) >= 11 is 0. The normalized spacial score (nSPS) is 37.4. The Morgan fingerprint density at radius 2 is 1.78 bits per heavy atom. The molecule has 1 rings (SSSR count). The van der Waals surface area contributed by atoms with E-state index in [4.69, 9.17) is 22.1 Å². The smallest absolute Gasteiger partial charge is 0.303 e. The summed E-state index contributed by atoms with van der Waals surface area (Å²) in [5, 5.41) is 28.5. The van der Waals surface area contributed by atoms with Crippen LogP contribution in [0.15, 0.2) is 0 Å². The van der Waals surface area contributed by atoms with Crippen LogP contribution < -0.4 is 0 Å². The third kappa shape index (κ3) is 3.39. The zero-order chi connectivity index (χ0) is 15.3. The first kappa shape index (κ1) is 11.8. The van der Waals surface area contributed by atoms with Crippen LogP contribution in [-0.4, -0.2) is 64.6 Å². The minimum absolute atomic E-state index is 0.660. The highest BCUT2D eigenvalue weighted by Crippen LogP contribution is 2.24. The second-order valence-corrected chi connectivity index (χ2v) is 3.65. The van der Waals surface area contributed by atoms with E-state index in [1.54, 1.807) is 0 Å². The Kier molecular flexibility index (Phi) is 4.01. The molecule has 0 aromatic heterocycles. The van der Waals surface area contributed by atoms with Crippen LogP contribution in [-0.2, 0) is 23.8 Å². The molecule has 8 heteroatoms. The first-order valence-corrected chi connectivity index (χ1v) is 5.04. The zero-order valence-corrected chi connectivity index (χ0v) is 9.39. The predicted molar refractivity (Wildman–Crippen MR) is 55.1 cm³/mol. The van der Waals surface area contributed by atoms with Gasteiger partial charge in [0.2, 0.25) is 0 Å². The van der Waals surface area contributed by atoms with Gasteiger partial charge in [-0.15, -0.1) is 0 Å². The van der Waals surface area contributed by atoms with Gasteiger partial charge in [0.25, 0.3) is 0 Å². The minimum atomic E-state index is -1.74. The highest BCUT2D eigenvalue weighted by atomic mass is 16.7. The molecule has 0 aromatic carbocycles. The van der Waals surface area contributed by atoms with E-state index in [2.05, 4.69) is 0 Å². The molecule has 3 N–H and O–H groups in total. The highest BCUT2D eigenvalue weighted by molar-refractivity contribution is 5.67. The molecule has 1 unspecified atom stereocenters. The van der Waals surface area contributed by atoms with Gasteiger partial charge >= 0.3 is 11.9 Å². The molecule has 0 bridgehead atoms. The molecule has 1 saturated heterocycles. The van der Waals surface area contributed by atoms with E-state index >= 15 is 0 Å². The van der Waals surface area contributed by atoms with Crippen molar-refractivity contribution < 1.29 is 41.9 Å². The third-order valence-corrected chi connectivity index (χ3v) is 2.35. The fourth-order valence-electron chi connectivity index (χ4n) is 1.62. The molecule has 0 spiro atoms. The van der Waals surface area contributed by atoms with Crippen molar-refractivity contribution in [3.05, 3.63) is 0 Å². The lowest BCUT2D eigenvalue weighted by molar-refractivity contribution is -0.293. The van der Waals surface area contributed by atoms with Gasteiger partial charge in [0.05, 0.1) is 6.61 Å². The Hall–Kier alpha value is -1.22. The van der Waals surface area contributed by atoms with Gasteiger partial charge in [-0.3, -0.25) is 9.59 Å². The van der Waals surface area contributed by atoms with Crippen molar-refractivity contribution in [2.24, 2.45) is 0 Å². The summed E-state index contributed by atoms with van der Waals surface area (Å²) in [5.74, 6) is -2.02. The Morgan fingerprint density at radius 3 is 2.28 bits per heavy atom. The lowest BCUT2D eigenvalue weighted by Crippen LogP contribution is -2.60. The summed E-state index contributed by atoms with van der Waals surface area (Å²) in [6.07, 6.45) is -7.57. The Balaban J connectivity index is 2.90. The zero-order valence-electron chi connectivity index (χ0n) is 11.4. The second kappa shape index (κ2) is 6.10. The molecule has 18 heavy (non-hydrogen) atoms. The largest absolute Gasteiger partial charge is 0.455 e. The standard InChI is InChI=1S/C10H16O8/c1-4(12)16-8-7(14)6(3-11)18-10(15)9(8)17-5(2)13/h6-11,14-15H,3H2,1-2H3/t6-,7+,8+,9-,10?/m1/s1/i1D,2D. The van der Waals surface area contributed by atoms with Crippen LogP contribution in [0, 0.1) is 0 Å². The molecule has 1 fully saturated rings. The van der Waals surface area contributed by atoms with E-state index in [0.29, 0.717) is 0 Å². The number of aliphatic hydroxyl groups excluding tert-OH is 3. The lowest BCUT2D eigenvalue weighted by Gasteiger charge is -2.40. The molecule has 1 aliphatic rings. The van der Waals surface area contributed by atoms with Crippen LogP contribution in [0.5, 0.6) is 0 Å². The minimum Gasteiger partial charge on any atom is -0.455 e. The number of ether oxygens (including phenoxy) is 3. The third-order valence-electron chi connectivity index (χ3n) is 2.35. The summed E-state index contributed by atoms with van der Waals surface area (Å²) in [4.78, 5) is 22.2. The quantitative estimate of drug-likeness (QED) is 0.497. The maximum atomic E-state index is 11.1. The summed E-state index contributed by atoms with van der Waals surface area (Å²) in [5.41, 5.74) is 0. The first-order chi connectivity index (χ1) is 9.44. The van der Waals surface area contributed by atoms with Gasteiger partial charge in [0, 0.05) is 16.5 Å². The number of hydrogen-bond acceptors (Lipinski definition) is 8. The SMILES string of the molecule is [2H]CC(=O)O[C@H]1[C@@H](O)[C@@H](CO)OC(O)[C@@H]1OC(=O)C[2H]. The monoisotopic (exact) mass is 266 g/mol. The van der Waals surface area contributed by atoms with Crippen molar-refractivity contribution in [3.63, 3.8) is 0 Å². The van der Waals surface area contributed by atoms with E-state index in [9.17, 15) is 19.8 Å². The van der Waals surface area contributed by atoms with Gasteiger partial charge in [-0.05, 0) is 0 Å². The number of aliphatic hydroxyl groups is 3. The number of esters is 2. The Bertz CT molecular complexity index is 352. The van der Waals surface area contributed by atoms with Gasteiger partial charge in [-0.25, -0.2) is 0 Å². The van der Waals surface area contributed by atoms with Crippen molar-refractivity contribution in [2.45, 2.75) is 44.5 Å². The van der Waals surface area contributed by atoms with Crippen LogP contribution in [0.25, 0.3) is 0 Å². The summed E-state index contributed by atoms with van der Waals surface area (Å²) in [7, 11) is 0. The van der Waals surface area contributed by atoms with E-state index in [1.807, 2.05) is 0 Å². The van der Waals surface area contributed by atoms with Gasteiger partial charge < -0.3 is 29.5 Å². The van der Waals surface area contributed by atoms with Crippen molar-refractivity contribution in [2.75, 3.05) is 6.61 Å². The van der Waals surface area contributed by atoms with E-state index < -0.39 is 63.1 Å². The Labute approximate surface area is 106 Å². The van der Waals surface area contributed by atoms with Crippen LogP contribution in [0.2, 0.25) is 0 Å². The average Bonchev–Trinajstić information content (AvgIpc) is 2.45. The molecular weight excluding hydrogens is 248 g/mol. The van der Waals surface area contributed by atoms with Crippen LogP contribution in [0.1, 0.15) is 16.5 Å². The summed E-state index contributed by atoms with van der Waals surface area (Å²) in [6.45, 7) is -2.13. The molecule has 1 heterocycles. The van der Waals surface area contributed by atoms with Crippen molar-refractivity contribution >= 4 is 11.9 Å². The topological polar surface area (TPSA) is 123 Å². The van der Waals surface area contributed by atoms with Crippen molar-refractivity contribution in [1.82, 2.24) is 0 Å². The maximum Gasteiger partial charge on any atom is 0.303 e. The molecule has 104 valence electrons. The number of rotatable bonds is 3. The molecule has 0 amide bonds. The maximum absolute atomic E-state index is 11.1. The van der Waals surface area contributed by atoms with E-state index in [1.165, 1.54) is 0 Å². The lowest BCUT2D eigenvalue weighted by atomic mass is 9.99. The molecule has 1 aliphatic heterocycles.